The zero-order chi connectivity index (χ0) is 11.4. The molecule has 2 nitrogen and oxygen atoms in total. The van der Waals surface area contributed by atoms with Crippen LogP contribution >= 0.6 is 11.8 Å². The highest BCUT2D eigenvalue weighted by molar-refractivity contribution is 8.02. The zero-order valence-electron chi connectivity index (χ0n) is 9.08. The van der Waals surface area contributed by atoms with Crippen molar-refractivity contribution < 1.29 is 1.43 Å². The smallest absolute Gasteiger partial charge is 0.0488 e. The van der Waals surface area contributed by atoms with E-state index in [0.717, 1.165) is 21.7 Å². The molecule has 4 N–H and O–H groups in total. The highest BCUT2D eigenvalue weighted by Gasteiger charge is 2.07. The Kier molecular flexibility index (Phi) is 3.86. The Bertz CT molecular complexity index is 413. The molecule has 0 aliphatic rings. The first-order valence-corrected chi connectivity index (χ1v) is 5.86. The molecule has 1 rings (SSSR count). The summed E-state index contributed by atoms with van der Waals surface area (Å²) in [7, 11) is 0. The number of nitrogen functional groups attached to an aromatic ring is 1. The summed E-state index contributed by atoms with van der Waals surface area (Å²) in [4.78, 5) is 1.09. The Balaban J connectivity index is 0.00000225. The summed E-state index contributed by atoms with van der Waals surface area (Å²) < 4.78 is 0. The third kappa shape index (κ3) is 2.36. The monoisotopic (exact) mass is 222 g/mol. The molecule has 0 heterocycles. The van der Waals surface area contributed by atoms with Crippen LogP contribution in [0.2, 0.25) is 0 Å². The lowest BCUT2D eigenvalue weighted by atomic mass is 10.0. The van der Waals surface area contributed by atoms with E-state index in [1.807, 2.05) is 31.4 Å². The number of hydrogen-bond donors (Lipinski definition) is 2. The van der Waals surface area contributed by atoms with Crippen molar-refractivity contribution in [3.8, 4) is 0 Å². The van der Waals surface area contributed by atoms with Crippen molar-refractivity contribution in [2.45, 2.75) is 6.92 Å². The molecule has 1 aromatic carbocycles. The summed E-state index contributed by atoms with van der Waals surface area (Å²) in [5.74, 6) is 0. The van der Waals surface area contributed by atoms with E-state index in [1.165, 1.54) is 0 Å². The highest BCUT2D eigenvalue weighted by Crippen LogP contribution is 2.27. The molecule has 0 bridgehead atoms. The molecule has 82 valence electrons. The number of hydrogen-bond acceptors (Lipinski definition) is 3. The molecule has 0 saturated carbocycles. The van der Waals surface area contributed by atoms with Crippen LogP contribution in [-0.2, 0) is 0 Å². The van der Waals surface area contributed by atoms with Crippen LogP contribution in [-0.4, -0.2) is 6.26 Å². The van der Waals surface area contributed by atoms with Crippen LogP contribution in [0, 0.1) is 0 Å². The molecule has 0 unspecified atom stereocenters. The summed E-state index contributed by atoms with van der Waals surface area (Å²) in [6, 6.07) is 5.71. The topological polar surface area (TPSA) is 52.0 Å². The Morgan fingerprint density at radius 2 is 2.20 bits per heavy atom. The van der Waals surface area contributed by atoms with E-state index < -0.39 is 0 Å². The fourth-order valence-electron chi connectivity index (χ4n) is 1.35. The molecular formula is C12H18N2S. The largest absolute Gasteiger partial charge is 0.398 e. The molecule has 0 amide bonds. The molecule has 0 spiro atoms. The Morgan fingerprint density at radius 1 is 1.53 bits per heavy atom. The van der Waals surface area contributed by atoms with Crippen molar-refractivity contribution in [3.05, 3.63) is 40.8 Å². The third-order valence-corrected chi connectivity index (χ3v) is 3.15. The van der Waals surface area contributed by atoms with Gasteiger partial charge in [0.2, 0.25) is 0 Å². The van der Waals surface area contributed by atoms with Crippen molar-refractivity contribution in [3.63, 3.8) is 0 Å². The summed E-state index contributed by atoms with van der Waals surface area (Å²) >= 11 is 1.63. The van der Waals surface area contributed by atoms with E-state index in [4.69, 9.17) is 11.5 Å². The molecule has 0 radical (unpaired) electrons. The molecule has 3 heteroatoms. The van der Waals surface area contributed by atoms with E-state index in [9.17, 15) is 0 Å². The molecule has 0 aromatic heterocycles. The van der Waals surface area contributed by atoms with Gasteiger partial charge in [-0.25, -0.2) is 0 Å². The summed E-state index contributed by atoms with van der Waals surface area (Å²) in [6.45, 7) is 5.75. The highest BCUT2D eigenvalue weighted by atomic mass is 32.2. The van der Waals surface area contributed by atoms with Gasteiger partial charge >= 0.3 is 0 Å². The van der Waals surface area contributed by atoms with Crippen molar-refractivity contribution in [1.29, 1.82) is 0 Å². The van der Waals surface area contributed by atoms with Gasteiger partial charge in [0.1, 0.15) is 0 Å². The Labute approximate surface area is 96.5 Å². The molecule has 15 heavy (non-hydrogen) atoms. The molecule has 1 aromatic rings. The van der Waals surface area contributed by atoms with Crippen LogP contribution in [0.15, 0.2) is 29.7 Å². The predicted molar refractivity (Wildman–Crippen MR) is 73.4 cm³/mol. The molecule has 0 aliphatic carbocycles. The van der Waals surface area contributed by atoms with E-state index in [2.05, 4.69) is 6.58 Å². The lowest BCUT2D eigenvalue weighted by Gasteiger charge is -2.11. The summed E-state index contributed by atoms with van der Waals surface area (Å²) in [5, 5.41) is 0. The number of anilines is 1. The standard InChI is InChI=1S/C12H16N2S.H2/c1-4-9-10(6-5-7-11(9)13)12(14)8(2)15-3;/h4-7H,1,13-14H2,2-3H3;1H/b12-8+;. The molecule has 0 atom stereocenters. The first-order chi connectivity index (χ1) is 7.11. The van der Waals surface area contributed by atoms with E-state index in [1.54, 1.807) is 17.8 Å². The minimum Gasteiger partial charge on any atom is -0.398 e. The maximum atomic E-state index is 6.05. The van der Waals surface area contributed by atoms with Crippen molar-refractivity contribution >= 4 is 29.2 Å². The van der Waals surface area contributed by atoms with Gasteiger partial charge in [0, 0.05) is 28.8 Å². The average molecular weight is 222 g/mol. The van der Waals surface area contributed by atoms with Gasteiger partial charge in [0.25, 0.3) is 0 Å². The summed E-state index contributed by atoms with van der Waals surface area (Å²) in [6.07, 6.45) is 3.74. The van der Waals surface area contributed by atoms with Gasteiger partial charge in [-0.1, -0.05) is 24.8 Å². The maximum Gasteiger partial charge on any atom is 0.0488 e. The fourth-order valence-corrected chi connectivity index (χ4v) is 1.68. The SMILES string of the molecule is C=Cc1c(N)cccc1/C(N)=C(/C)SC.[HH]. The second-order valence-corrected chi connectivity index (χ2v) is 4.21. The molecule has 0 saturated heterocycles. The second kappa shape index (κ2) is 4.94. The molecular weight excluding hydrogens is 204 g/mol. The number of benzene rings is 1. The van der Waals surface area contributed by atoms with E-state index in [0.29, 0.717) is 5.69 Å². The van der Waals surface area contributed by atoms with Gasteiger partial charge in [0.15, 0.2) is 0 Å². The van der Waals surface area contributed by atoms with Crippen LogP contribution in [0.1, 0.15) is 19.5 Å². The van der Waals surface area contributed by atoms with Gasteiger partial charge in [-0.3, -0.25) is 0 Å². The number of thioether (sulfide) groups is 1. The van der Waals surface area contributed by atoms with Crippen LogP contribution in [0.4, 0.5) is 5.69 Å². The Morgan fingerprint density at radius 3 is 2.73 bits per heavy atom. The number of allylic oxidation sites excluding steroid dienone is 1. The van der Waals surface area contributed by atoms with E-state index in [-0.39, 0.29) is 1.43 Å². The van der Waals surface area contributed by atoms with Crippen molar-refractivity contribution in [2.75, 3.05) is 12.0 Å². The van der Waals surface area contributed by atoms with Gasteiger partial charge in [-0.2, -0.15) is 0 Å². The fraction of sp³-hybridized carbons (Fsp3) is 0.167. The molecule has 0 fully saturated rings. The minimum atomic E-state index is 0. The molecule has 0 aliphatic heterocycles. The zero-order valence-corrected chi connectivity index (χ0v) is 9.90. The van der Waals surface area contributed by atoms with Crippen LogP contribution in [0.25, 0.3) is 11.8 Å². The van der Waals surface area contributed by atoms with Crippen molar-refractivity contribution in [1.82, 2.24) is 0 Å². The minimum absolute atomic E-state index is 0. The van der Waals surface area contributed by atoms with Gasteiger partial charge in [-0.05, 0) is 19.2 Å². The van der Waals surface area contributed by atoms with Crippen molar-refractivity contribution in [2.24, 2.45) is 5.73 Å². The van der Waals surface area contributed by atoms with E-state index >= 15 is 0 Å². The lowest BCUT2D eigenvalue weighted by molar-refractivity contribution is 1.46. The number of rotatable bonds is 3. The first-order valence-electron chi connectivity index (χ1n) is 4.63. The van der Waals surface area contributed by atoms with Gasteiger partial charge in [0.05, 0.1) is 0 Å². The van der Waals surface area contributed by atoms with Gasteiger partial charge < -0.3 is 11.5 Å². The normalized spacial score (nSPS) is 12.1. The average Bonchev–Trinajstić information content (AvgIpc) is 2.26. The second-order valence-electron chi connectivity index (χ2n) is 3.19. The van der Waals surface area contributed by atoms with Crippen LogP contribution < -0.4 is 11.5 Å². The predicted octanol–water partition coefficient (Wildman–Crippen LogP) is 3.17. The quantitative estimate of drug-likeness (QED) is 0.772. The maximum absolute atomic E-state index is 6.05. The lowest BCUT2D eigenvalue weighted by Crippen LogP contribution is -2.03. The first kappa shape index (κ1) is 11.7. The van der Waals surface area contributed by atoms with Crippen LogP contribution in [0.5, 0.6) is 0 Å². The van der Waals surface area contributed by atoms with Crippen LogP contribution in [0.3, 0.4) is 0 Å². The Hall–Kier alpha value is -1.35. The summed E-state index contributed by atoms with van der Waals surface area (Å²) in [5.41, 5.74) is 15.2. The third-order valence-electron chi connectivity index (χ3n) is 2.32. The van der Waals surface area contributed by atoms with Gasteiger partial charge in [-0.15, -0.1) is 11.8 Å². The number of nitrogens with two attached hydrogens (primary N) is 2.